The van der Waals surface area contributed by atoms with Crippen molar-refractivity contribution in [2.24, 2.45) is 0 Å². The molecule has 0 aliphatic carbocycles. The van der Waals surface area contributed by atoms with Crippen molar-refractivity contribution in [2.45, 2.75) is 32.1 Å². The van der Waals surface area contributed by atoms with Gasteiger partial charge in [-0.2, -0.15) is 0 Å². The number of rotatable bonds is 10. The summed E-state index contributed by atoms with van der Waals surface area (Å²) in [5.41, 5.74) is 6.25. The van der Waals surface area contributed by atoms with Crippen molar-refractivity contribution in [3.05, 3.63) is 102 Å². The van der Waals surface area contributed by atoms with Crippen molar-refractivity contribution in [3.8, 4) is 17.0 Å². The third-order valence-electron chi connectivity index (χ3n) is 8.34. The molecule has 0 unspecified atom stereocenters. The van der Waals surface area contributed by atoms with E-state index < -0.39 is 5.82 Å². The summed E-state index contributed by atoms with van der Waals surface area (Å²) in [7, 11) is 0. The molecule has 1 aromatic heterocycles. The summed E-state index contributed by atoms with van der Waals surface area (Å²) in [4.78, 5) is 26.1. The number of halogens is 1. The lowest BCUT2D eigenvalue weighted by atomic mass is 9.98. The van der Waals surface area contributed by atoms with Gasteiger partial charge in [-0.25, -0.2) is 14.4 Å². The first kappa shape index (κ1) is 30.3. The number of aromatic nitrogens is 2. The highest BCUT2D eigenvalue weighted by Gasteiger charge is 2.18. The third kappa shape index (κ3) is 7.49. The zero-order chi connectivity index (χ0) is 31.2. The molecule has 9 heteroatoms. The van der Waals surface area contributed by atoms with Crippen LogP contribution in [0, 0.1) is 5.82 Å². The van der Waals surface area contributed by atoms with Crippen molar-refractivity contribution in [2.75, 3.05) is 54.5 Å². The van der Waals surface area contributed by atoms with Gasteiger partial charge in [0.25, 0.3) is 0 Å². The molecule has 0 radical (unpaired) electrons. The van der Waals surface area contributed by atoms with Gasteiger partial charge in [-0.15, -0.1) is 0 Å². The Bertz CT molecular complexity index is 1660. The summed E-state index contributed by atoms with van der Waals surface area (Å²) < 4.78 is 20.4. The van der Waals surface area contributed by atoms with Crippen molar-refractivity contribution in [1.82, 2.24) is 9.97 Å². The summed E-state index contributed by atoms with van der Waals surface area (Å²) in [6, 6.07) is 18.4. The monoisotopic (exact) mass is 607 g/mol. The Kier molecular flexibility index (Phi) is 9.35. The number of morpholine rings is 1. The SMILES string of the molecule is C=CC(=O)Cc1cc(F)cc(-c2nc(Nc3ccc(O)c(N4CCCCC4)c3)ncc2Cc2ccc(N3CCOCC3)cc2)c1. The molecule has 0 bridgehead atoms. The molecule has 6 rings (SSSR count). The smallest absolute Gasteiger partial charge is 0.227 e. The molecule has 3 aromatic carbocycles. The van der Waals surface area contributed by atoms with Gasteiger partial charge in [-0.1, -0.05) is 18.7 Å². The molecule has 0 atom stereocenters. The number of allylic oxidation sites excluding steroid dienone is 1. The van der Waals surface area contributed by atoms with Crippen LogP contribution in [0.1, 0.15) is 36.0 Å². The Balaban J connectivity index is 1.32. The van der Waals surface area contributed by atoms with Crippen molar-refractivity contribution in [1.29, 1.82) is 0 Å². The van der Waals surface area contributed by atoms with E-state index >= 15 is 0 Å². The molecule has 0 saturated carbocycles. The first-order valence-corrected chi connectivity index (χ1v) is 15.5. The number of piperidine rings is 1. The van der Waals surface area contributed by atoms with E-state index in [2.05, 4.69) is 50.9 Å². The highest BCUT2D eigenvalue weighted by molar-refractivity contribution is 5.91. The molecule has 2 saturated heterocycles. The lowest BCUT2D eigenvalue weighted by Crippen LogP contribution is -2.36. The summed E-state index contributed by atoms with van der Waals surface area (Å²) in [5.74, 6) is -0.0490. The minimum atomic E-state index is -0.446. The van der Waals surface area contributed by atoms with Crippen LogP contribution in [-0.4, -0.2) is 60.3 Å². The average Bonchev–Trinajstić information content (AvgIpc) is 3.07. The molecule has 4 aromatic rings. The quantitative estimate of drug-likeness (QED) is 0.157. The van der Waals surface area contributed by atoms with Crippen molar-refractivity contribution in [3.63, 3.8) is 0 Å². The minimum Gasteiger partial charge on any atom is -0.506 e. The zero-order valence-corrected chi connectivity index (χ0v) is 25.3. The number of ketones is 1. The zero-order valence-electron chi connectivity index (χ0n) is 25.3. The van der Waals surface area contributed by atoms with Gasteiger partial charge in [0.1, 0.15) is 11.6 Å². The number of carbonyl (C=O) groups excluding carboxylic acids is 1. The number of ether oxygens (including phenoxy) is 1. The number of phenolic OH excluding ortho intramolecular Hbond substituents is 1. The number of carbonyl (C=O) groups is 1. The number of phenols is 1. The number of anilines is 4. The largest absolute Gasteiger partial charge is 0.506 e. The van der Waals surface area contributed by atoms with Gasteiger partial charge >= 0.3 is 0 Å². The second-order valence-electron chi connectivity index (χ2n) is 11.6. The average molecular weight is 608 g/mol. The fourth-order valence-electron chi connectivity index (χ4n) is 5.99. The van der Waals surface area contributed by atoms with Crippen LogP contribution in [0.3, 0.4) is 0 Å². The maximum Gasteiger partial charge on any atom is 0.227 e. The molecule has 3 heterocycles. The van der Waals surface area contributed by atoms with Gasteiger partial charge in [0, 0.05) is 67.7 Å². The summed E-state index contributed by atoms with van der Waals surface area (Å²) in [6.07, 6.45) is 6.99. The molecule has 0 amide bonds. The van der Waals surface area contributed by atoms with Gasteiger partial charge in [-0.05, 0) is 85.0 Å². The third-order valence-corrected chi connectivity index (χ3v) is 8.34. The Morgan fingerprint density at radius 1 is 0.956 bits per heavy atom. The van der Waals surface area contributed by atoms with Gasteiger partial charge in [0.15, 0.2) is 5.78 Å². The first-order chi connectivity index (χ1) is 21.9. The van der Waals surface area contributed by atoms with Gasteiger partial charge < -0.3 is 25.0 Å². The predicted octanol–water partition coefficient (Wildman–Crippen LogP) is 6.45. The topological polar surface area (TPSA) is 90.8 Å². The number of hydrogen-bond donors (Lipinski definition) is 2. The summed E-state index contributed by atoms with van der Waals surface area (Å²) >= 11 is 0. The highest BCUT2D eigenvalue weighted by atomic mass is 19.1. The van der Waals surface area contributed by atoms with E-state index in [0.29, 0.717) is 29.2 Å². The number of nitrogens with zero attached hydrogens (tertiary/aromatic N) is 4. The predicted molar refractivity (Wildman–Crippen MR) is 176 cm³/mol. The lowest BCUT2D eigenvalue weighted by molar-refractivity contribution is -0.114. The Morgan fingerprint density at radius 3 is 2.49 bits per heavy atom. The van der Waals surface area contributed by atoms with E-state index in [1.54, 1.807) is 24.4 Å². The maximum atomic E-state index is 14.9. The molecule has 232 valence electrons. The Morgan fingerprint density at radius 2 is 1.73 bits per heavy atom. The normalized spacial score (nSPS) is 15.1. The van der Waals surface area contributed by atoms with Crippen molar-refractivity contribution >= 4 is 28.8 Å². The van der Waals surface area contributed by atoms with Crippen molar-refractivity contribution < 1.29 is 19.0 Å². The number of aromatic hydroxyl groups is 1. The van der Waals surface area contributed by atoms with E-state index in [0.717, 1.165) is 80.4 Å². The maximum absolute atomic E-state index is 14.9. The van der Waals surface area contributed by atoms with Crippen LogP contribution in [0.25, 0.3) is 11.3 Å². The molecule has 2 N–H and O–H groups in total. The molecule has 0 spiro atoms. The second-order valence-corrected chi connectivity index (χ2v) is 11.6. The molecule has 45 heavy (non-hydrogen) atoms. The van der Waals surface area contributed by atoms with Crippen LogP contribution in [-0.2, 0) is 22.4 Å². The van der Waals surface area contributed by atoms with E-state index in [1.165, 1.54) is 24.6 Å². The highest BCUT2D eigenvalue weighted by Crippen LogP contribution is 2.34. The molecule has 2 aliphatic rings. The van der Waals surface area contributed by atoms with E-state index in [1.807, 2.05) is 6.07 Å². The first-order valence-electron chi connectivity index (χ1n) is 15.5. The Hall–Kier alpha value is -4.76. The molecule has 8 nitrogen and oxygen atoms in total. The van der Waals surface area contributed by atoms with Crippen LogP contribution >= 0.6 is 0 Å². The number of benzene rings is 3. The molecular formula is C36H38FN5O3. The summed E-state index contributed by atoms with van der Waals surface area (Å²) in [5, 5.41) is 13.9. The van der Waals surface area contributed by atoms with Crippen LogP contribution < -0.4 is 15.1 Å². The van der Waals surface area contributed by atoms with Crippen LogP contribution in [0.2, 0.25) is 0 Å². The lowest BCUT2D eigenvalue weighted by Gasteiger charge is -2.29. The van der Waals surface area contributed by atoms with Gasteiger partial charge in [-0.3, -0.25) is 4.79 Å². The molecule has 2 aliphatic heterocycles. The van der Waals surface area contributed by atoms with E-state index in [4.69, 9.17) is 9.72 Å². The minimum absolute atomic E-state index is 0.0512. The molecule has 2 fully saturated rings. The fraction of sp³-hybridized carbons (Fsp3) is 0.306. The van der Waals surface area contributed by atoms with E-state index in [-0.39, 0.29) is 18.0 Å². The standard InChI is InChI=1S/C36H38FN5O3/c1-2-32(43)21-26-19-27(22-29(37)20-26)35-28(18-25-6-9-31(10-7-25)41-14-16-45-17-15-41)24-38-36(40-35)39-30-8-11-34(44)33(23-30)42-12-4-3-5-13-42/h2,6-11,19-20,22-24,44H,1,3-5,12-18,21H2,(H,38,39,40). The van der Waals surface area contributed by atoms with Crippen LogP contribution in [0.15, 0.2) is 79.5 Å². The van der Waals surface area contributed by atoms with Gasteiger partial charge in [0.05, 0.1) is 24.6 Å². The summed E-state index contributed by atoms with van der Waals surface area (Å²) in [6.45, 7) is 8.52. The van der Waals surface area contributed by atoms with Gasteiger partial charge in [0.2, 0.25) is 5.95 Å². The fourth-order valence-corrected chi connectivity index (χ4v) is 5.99. The second kappa shape index (κ2) is 13.9. The Labute approximate surface area is 263 Å². The number of hydrogen-bond acceptors (Lipinski definition) is 8. The van der Waals surface area contributed by atoms with Crippen LogP contribution in [0.5, 0.6) is 5.75 Å². The van der Waals surface area contributed by atoms with Crippen LogP contribution in [0.4, 0.5) is 27.4 Å². The molecular weight excluding hydrogens is 569 g/mol. The van der Waals surface area contributed by atoms with E-state index in [9.17, 15) is 14.3 Å². The number of nitrogens with one attached hydrogen (secondary N) is 1.